The highest BCUT2D eigenvalue weighted by Crippen LogP contribution is 2.28. The molecule has 2 N–H and O–H groups in total. The lowest BCUT2D eigenvalue weighted by Gasteiger charge is -2.15. The highest BCUT2D eigenvalue weighted by molar-refractivity contribution is 5.54. The maximum absolute atomic E-state index is 5.86. The van der Waals surface area contributed by atoms with E-state index < -0.39 is 0 Å². The Bertz CT molecular complexity index is 482. The first-order valence-corrected chi connectivity index (χ1v) is 8.49. The largest absolute Gasteiger partial charge is 0.488 e. The number of fused-ring (bicyclic) bond motifs is 1. The monoisotopic (exact) mass is 336 g/mol. The average Bonchev–Trinajstić information content (AvgIpc) is 2.61. The first-order valence-electron chi connectivity index (χ1n) is 8.49. The van der Waals surface area contributed by atoms with Gasteiger partial charge in [0.2, 0.25) is 0 Å². The van der Waals surface area contributed by atoms with Crippen LogP contribution in [0.5, 0.6) is 11.5 Å². The molecule has 0 fully saturated rings. The van der Waals surface area contributed by atoms with Gasteiger partial charge in [0.1, 0.15) is 13.2 Å². The van der Waals surface area contributed by atoms with Crippen LogP contribution in [0.4, 0.5) is 0 Å². The number of benzene rings is 1. The fraction of sp³-hybridized carbons (Fsp3) is 0.556. The first-order chi connectivity index (χ1) is 11.9. The lowest BCUT2D eigenvalue weighted by molar-refractivity contribution is 0.0495. The summed E-state index contributed by atoms with van der Waals surface area (Å²) in [6.07, 6.45) is 1.80. The molecule has 0 unspecified atom stereocenters. The molecule has 0 amide bonds. The van der Waals surface area contributed by atoms with Crippen molar-refractivity contribution in [2.45, 2.75) is 0 Å². The van der Waals surface area contributed by atoms with Crippen LogP contribution >= 0.6 is 0 Å². The van der Waals surface area contributed by atoms with E-state index in [1.807, 2.05) is 18.2 Å². The molecule has 1 heterocycles. The second kappa shape index (κ2) is 11.9. The molecular formula is C18H28N2O4. The van der Waals surface area contributed by atoms with Crippen LogP contribution in [0, 0.1) is 0 Å². The summed E-state index contributed by atoms with van der Waals surface area (Å²) in [7, 11) is 0. The van der Waals surface area contributed by atoms with Gasteiger partial charge in [-0.25, -0.2) is 0 Å². The third kappa shape index (κ3) is 7.31. The van der Waals surface area contributed by atoms with Gasteiger partial charge in [0.25, 0.3) is 0 Å². The van der Waals surface area contributed by atoms with Crippen molar-refractivity contribution >= 4 is 6.08 Å². The van der Waals surface area contributed by atoms with Gasteiger partial charge < -0.3 is 29.6 Å². The van der Waals surface area contributed by atoms with E-state index in [2.05, 4.69) is 17.2 Å². The van der Waals surface area contributed by atoms with Crippen LogP contribution in [0.25, 0.3) is 6.08 Å². The molecule has 6 nitrogen and oxygen atoms in total. The van der Waals surface area contributed by atoms with Crippen LogP contribution in [-0.2, 0) is 9.47 Å². The highest BCUT2D eigenvalue weighted by Gasteiger charge is 2.06. The van der Waals surface area contributed by atoms with Crippen molar-refractivity contribution in [3.8, 4) is 11.5 Å². The van der Waals surface area contributed by atoms with E-state index in [-0.39, 0.29) is 0 Å². The van der Waals surface area contributed by atoms with Crippen molar-refractivity contribution in [3.63, 3.8) is 0 Å². The Kier molecular flexibility index (Phi) is 9.26. The smallest absolute Gasteiger partial charge is 0.161 e. The normalized spacial score (nSPS) is 19.0. The van der Waals surface area contributed by atoms with Gasteiger partial charge in [0, 0.05) is 26.2 Å². The van der Waals surface area contributed by atoms with E-state index in [1.54, 1.807) is 6.08 Å². The molecule has 1 aromatic carbocycles. The molecule has 24 heavy (non-hydrogen) atoms. The summed E-state index contributed by atoms with van der Waals surface area (Å²) in [5, 5.41) is 6.57. The zero-order valence-corrected chi connectivity index (χ0v) is 14.2. The molecule has 0 atom stereocenters. The molecule has 0 spiro atoms. The van der Waals surface area contributed by atoms with Crippen molar-refractivity contribution in [2.24, 2.45) is 0 Å². The van der Waals surface area contributed by atoms with Crippen molar-refractivity contribution in [2.75, 3.05) is 65.8 Å². The summed E-state index contributed by atoms with van der Waals surface area (Å²) in [6.45, 7) is 10.6. The van der Waals surface area contributed by atoms with Gasteiger partial charge in [0.15, 0.2) is 11.5 Å². The van der Waals surface area contributed by atoms with Crippen molar-refractivity contribution in [1.82, 2.24) is 10.6 Å². The lowest BCUT2D eigenvalue weighted by atomic mass is 10.2. The number of nitrogens with one attached hydrogen (secondary N) is 2. The molecule has 2 rings (SSSR count). The van der Waals surface area contributed by atoms with E-state index in [4.69, 9.17) is 18.9 Å². The lowest BCUT2D eigenvalue weighted by Crippen LogP contribution is -2.27. The number of hydrogen-bond donors (Lipinski definition) is 2. The molecule has 0 aliphatic carbocycles. The van der Waals surface area contributed by atoms with Gasteiger partial charge in [-0.15, -0.1) is 0 Å². The molecule has 0 aromatic heterocycles. The van der Waals surface area contributed by atoms with E-state index in [1.165, 1.54) is 0 Å². The predicted octanol–water partition coefficient (Wildman–Crippen LogP) is 1.31. The Morgan fingerprint density at radius 1 is 0.750 bits per heavy atom. The summed E-state index contributed by atoms with van der Waals surface area (Å²) in [5.74, 6) is 1.50. The number of rotatable bonds is 1. The molecule has 1 aliphatic heterocycles. The third-order valence-corrected chi connectivity index (χ3v) is 3.49. The molecule has 6 heteroatoms. The summed E-state index contributed by atoms with van der Waals surface area (Å²) < 4.78 is 22.7. The summed E-state index contributed by atoms with van der Waals surface area (Å²) in [5.41, 5.74) is 1.01. The van der Waals surface area contributed by atoms with E-state index >= 15 is 0 Å². The minimum atomic E-state index is 0.568. The molecule has 0 bridgehead atoms. The summed E-state index contributed by atoms with van der Waals surface area (Å²) in [4.78, 5) is 0. The molecule has 1 aromatic rings. The van der Waals surface area contributed by atoms with Crippen LogP contribution in [0.3, 0.4) is 0 Å². The number of hydrogen-bond acceptors (Lipinski definition) is 6. The van der Waals surface area contributed by atoms with Gasteiger partial charge >= 0.3 is 0 Å². The zero-order chi connectivity index (χ0) is 16.9. The van der Waals surface area contributed by atoms with E-state index in [9.17, 15) is 0 Å². The predicted molar refractivity (Wildman–Crippen MR) is 94.9 cm³/mol. The number of ether oxygens (including phenoxy) is 4. The fourth-order valence-electron chi connectivity index (χ4n) is 2.21. The first kappa shape index (κ1) is 18.7. The van der Waals surface area contributed by atoms with E-state index in [0.717, 1.165) is 43.2 Å². The molecule has 0 saturated heterocycles. The van der Waals surface area contributed by atoms with Crippen LogP contribution in [0.1, 0.15) is 5.56 Å². The summed E-state index contributed by atoms with van der Waals surface area (Å²) in [6, 6.07) is 5.85. The summed E-state index contributed by atoms with van der Waals surface area (Å²) >= 11 is 0. The van der Waals surface area contributed by atoms with Crippen LogP contribution in [-0.4, -0.2) is 65.8 Å². The third-order valence-electron chi connectivity index (χ3n) is 3.49. The Morgan fingerprint density at radius 3 is 1.96 bits per heavy atom. The SMILES string of the molecule is C=Cc1ccc2c(c1)OCCNCCOCCOCCNCCO2. The Morgan fingerprint density at radius 2 is 1.33 bits per heavy atom. The second-order valence-electron chi connectivity index (χ2n) is 5.33. The quantitative estimate of drug-likeness (QED) is 0.806. The molecular weight excluding hydrogens is 308 g/mol. The van der Waals surface area contributed by atoms with Crippen molar-refractivity contribution in [3.05, 3.63) is 30.3 Å². The van der Waals surface area contributed by atoms with Crippen molar-refractivity contribution < 1.29 is 18.9 Å². The van der Waals surface area contributed by atoms with Crippen molar-refractivity contribution in [1.29, 1.82) is 0 Å². The van der Waals surface area contributed by atoms with Gasteiger partial charge in [-0.3, -0.25) is 0 Å². The van der Waals surface area contributed by atoms with Crippen LogP contribution < -0.4 is 20.1 Å². The molecule has 1 aliphatic rings. The minimum absolute atomic E-state index is 0.568. The van der Waals surface area contributed by atoms with Gasteiger partial charge in [-0.2, -0.15) is 0 Å². The molecule has 0 saturated carbocycles. The zero-order valence-electron chi connectivity index (χ0n) is 14.2. The molecule has 134 valence electrons. The van der Waals surface area contributed by atoms with Gasteiger partial charge in [-0.05, 0) is 17.7 Å². The Hall–Kier alpha value is -1.60. The maximum atomic E-state index is 5.86. The maximum Gasteiger partial charge on any atom is 0.161 e. The average molecular weight is 336 g/mol. The van der Waals surface area contributed by atoms with Gasteiger partial charge in [0.05, 0.1) is 26.4 Å². The fourth-order valence-corrected chi connectivity index (χ4v) is 2.21. The Balaban J connectivity index is 1.89. The Labute approximate surface area is 144 Å². The topological polar surface area (TPSA) is 61.0 Å². The standard InChI is InChI=1S/C18H28N2O4/c1-2-16-3-4-17-18(15-16)24-12-8-20-6-10-22-14-13-21-9-5-19-7-11-23-17/h2-4,15,19-20H,1,5-14H2. The second-order valence-corrected chi connectivity index (χ2v) is 5.33. The van der Waals surface area contributed by atoms with Crippen LogP contribution in [0.2, 0.25) is 0 Å². The van der Waals surface area contributed by atoms with Gasteiger partial charge in [-0.1, -0.05) is 18.7 Å². The highest BCUT2D eigenvalue weighted by atomic mass is 16.5. The molecule has 0 radical (unpaired) electrons. The van der Waals surface area contributed by atoms with Crippen LogP contribution in [0.15, 0.2) is 24.8 Å². The van der Waals surface area contributed by atoms with E-state index in [0.29, 0.717) is 39.6 Å². The minimum Gasteiger partial charge on any atom is -0.488 e.